The first kappa shape index (κ1) is 45.7. The molecule has 2 amide bonds. The van der Waals surface area contributed by atoms with E-state index in [9.17, 15) is 22.8 Å². The highest BCUT2D eigenvalue weighted by atomic mass is 35.5. The lowest BCUT2D eigenvalue weighted by molar-refractivity contribution is -0.116. The van der Waals surface area contributed by atoms with E-state index < -0.39 is 21.5 Å². The number of aromatic nitrogens is 2. The van der Waals surface area contributed by atoms with Crippen molar-refractivity contribution in [2.24, 2.45) is 0 Å². The van der Waals surface area contributed by atoms with E-state index in [4.69, 9.17) is 16.3 Å². The number of carbonyl (C=O) groups excluding carboxylic acids is 2. The van der Waals surface area contributed by atoms with Gasteiger partial charge in [0, 0.05) is 23.2 Å². The summed E-state index contributed by atoms with van der Waals surface area (Å²) in [6.45, 7) is 17.3. The summed E-state index contributed by atoms with van der Waals surface area (Å²) in [6.07, 6.45) is 3.45. The van der Waals surface area contributed by atoms with Gasteiger partial charge in [-0.15, -0.1) is 0 Å². The summed E-state index contributed by atoms with van der Waals surface area (Å²) in [5.41, 5.74) is 4.64. The molecule has 4 N–H and O–H groups in total. The number of carbonyl (C=O) groups is 2. The van der Waals surface area contributed by atoms with Crippen LogP contribution in [-0.4, -0.2) is 42.4 Å². The number of hydrogen-bond donors (Lipinski definition) is 4. The van der Waals surface area contributed by atoms with Gasteiger partial charge in [0.2, 0.25) is 15.9 Å². The summed E-state index contributed by atoms with van der Waals surface area (Å²) in [5.74, 6) is -0.508. The molecule has 0 atom stereocenters. The van der Waals surface area contributed by atoms with E-state index >= 15 is 0 Å². The molecule has 5 rings (SSSR count). The number of aryl methyl sites for hydroxylation is 3. The van der Waals surface area contributed by atoms with Crippen LogP contribution >= 0.6 is 11.6 Å². The number of anilines is 3. The molecule has 320 valence electrons. The minimum atomic E-state index is -4.03. The summed E-state index contributed by atoms with van der Waals surface area (Å²) in [6, 6.07) is 25.8. The second kappa shape index (κ2) is 19.4. The van der Waals surface area contributed by atoms with Gasteiger partial charge in [-0.25, -0.2) is 13.1 Å². The van der Waals surface area contributed by atoms with Crippen LogP contribution in [0.5, 0.6) is 5.75 Å². The van der Waals surface area contributed by atoms with Gasteiger partial charge in [0.1, 0.15) is 5.75 Å². The monoisotopic (exact) mass is 855 g/mol. The molecule has 60 heavy (non-hydrogen) atoms. The zero-order valence-electron chi connectivity index (χ0n) is 35.9. The Labute approximate surface area is 359 Å². The van der Waals surface area contributed by atoms with Crippen LogP contribution in [-0.2, 0) is 32.1 Å². The number of ether oxygens (including phenoxy) is 1. The lowest BCUT2D eigenvalue weighted by Crippen LogP contribution is -2.24. The van der Waals surface area contributed by atoms with Gasteiger partial charge < -0.3 is 15.4 Å². The van der Waals surface area contributed by atoms with Gasteiger partial charge in [-0.05, 0) is 109 Å². The van der Waals surface area contributed by atoms with E-state index in [1.807, 2.05) is 49.4 Å². The number of nitrogens with one attached hydrogen (secondary N) is 4. The third-order valence-corrected chi connectivity index (χ3v) is 12.8. The van der Waals surface area contributed by atoms with E-state index in [0.29, 0.717) is 42.8 Å². The van der Waals surface area contributed by atoms with Crippen molar-refractivity contribution in [3.05, 3.63) is 134 Å². The number of benzene rings is 4. The van der Waals surface area contributed by atoms with Crippen LogP contribution in [0.2, 0.25) is 5.02 Å². The quantitative estimate of drug-likeness (QED) is 0.0607. The Morgan fingerprint density at radius 3 is 2.25 bits per heavy atom. The van der Waals surface area contributed by atoms with Crippen LogP contribution < -0.4 is 25.7 Å². The average molecular weight is 857 g/mol. The van der Waals surface area contributed by atoms with Crippen molar-refractivity contribution < 1.29 is 22.7 Å². The zero-order valence-corrected chi connectivity index (χ0v) is 37.5. The molecule has 0 aliphatic rings. The molecule has 1 heterocycles. The zero-order chi connectivity index (χ0) is 43.8. The molecule has 0 saturated heterocycles. The first-order chi connectivity index (χ1) is 28.3. The van der Waals surface area contributed by atoms with Gasteiger partial charge in [0.25, 0.3) is 11.5 Å². The third-order valence-electron chi connectivity index (χ3n) is 11.2. The Balaban J connectivity index is 1.28. The average Bonchev–Trinajstić information content (AvgIpc) is 3.48. The Bertz CT molecular complexity index is 2470. The second-order valence-corrected chi connectivity index (χ2v) is 18.9. The summed E-state index contributed by atoms with van der Waals surface area (Å²) in [7, 11) is -4.03. The number of nitrogens with zero attached hydrogens (tertiary/aromatic N) is 1. The van der Waals surface area contributed by atoms with E-state index in [0.717, 1.165) is 40.0 Å². The predicted octanol–water partition coefficient (Wildman–Crippen LogP) is 10.2. The summed E-state index contributed by atoms with van der Waals surface area (Å²) < 4.78 is 36.5. The van der Waals surface area contributed by atoms with Crippen molar-refractivity contribution in [2.45, 2.75) is 105 Å². The maximum atomic E-state index is 13.9. The molecule has 0 unspecified atom stereocenters. The topological polar surface area (TPSA) is 151 Å². The molecule has 4 aromatic carbocycles. The van der Waals surface area contributed by atoms with Crippen LogP contribution in [0.15, 0.2) is 89.7 Å². The normalized spacial score (nSPS) is 11.9. The molecule has 0 fully saturated rings. The summed E-state index contributed by atoms with van der Waals surface area (Å²) in [4.78, 5) is 40.7. The number of H-pyrrole nitrogens is 1. The van der Waals surface area contributed by atoms with Crippen LogP contribution in [0.4, 0.5) is 17.2 Å². The first-order valence-electron chi connectivity index (χ1n) is 20.5. The van der Waals surface area contributed by atoms with Crippen molar-refractivity contribution >= 4 is 50.6 Å². The number of hydrogen-bond acceptors (Lipinski definition) is 6. The molecule has 1 aromatic heterocycles. The third kappa shape index (κ3) is 11.5. The van der Waals surface area contributed by atoms with Gasteiger partial charge in [-0.1, -0.05) is 108 Å². The molecular formula is C47H58ClN5O6S. The number of sulfonamides is 1. The number of halogens is 1. The van der Waals surface area contributed by atoms with E-state index in [2.05, 4.69) is 74.1 Å². The van der Waals surface area contributed by atoms with Gasteiger partial charge in [0.15, 0.2) is 11.5 Å². The minimum Gasteiger partial charge on any atom is -0.493 e. The smallest absolute Gasteiger partial charge is 0.297 e. The number of rotatable bonds is 19. The highest BCUT2D eigenvalue weighted by Crippen LogP contribution is 2.38. The fourth-order valence-electron chi connectivity index (χ4n) is 6.85. The molecule has 0 spiro atoms. The van der Waals surface area contributed by atoms with Gasteiger partial charge in [0.05, 0.1) is 23.1 Å². The first-order valence-corrected chi connectivity index (χ1v) is 22.5. The Morgan fingerprint density at radius 1 is 0.850 bits per heavy atom. The summed E-state index contributed by atoms with van der Waals surface area (Å²) >= 11 is 6.60. The van der Waals surface area contributed by atoms with Crippen LogP contribution in [0.3, 0.4) is 0 Å². The second-order valence-electron chi connectivity index (χ2n) is 16.6. The summed E-state index contributed by atoms with van der Waals surface area (Å²) in [5, 5.41) is 8.65. The van der Waals surface area contributed by atoms with Crippen LogP contribution in [0, 0.1) is 13.8 Å². The van der Waals surface area contributed by atoms with Crippen molar-refractivity contribution in [1.82, 2.24) is 9.78 Å². The molecule has 0 radical (unpaired) electrons. The van der Waals surface area contributed by atoms with E-state index in [1.54, 1.807) is 31.2 Å². The molecular weight excluding hydrogens is 798 g/mol. The lowest BCUT2D eigenvalue weighted by Gasteiger charge is -2.30. The largest absolute Gasteiger partial charge is 0.493 e. The van der Waals surface area contributed by atoms with Crippen molar-refractivity contribution in [2.75, 3.05) is 27.7 Å². The van der Waals surface area contributed by atoms with Crippen LogP contribution in [0.25, 0.3) is 5.69 Å². The Morgan fingerprint density at radius 2 is 1.57 bits per heavy atom. The molecule has 0 aliphatic heterocycles. The minimum absolute atomic E-state index is 0.0416. The number of amides is 2. The molecule has 0 aliphatic carbocycles. The van der Waals surface area contributed by atoms with E-state index in [1.165, 1.54) is 11.6 Å². The van der Waals surface area contributed by atoms with Gasteiger partial charge in [-0.3, -0.25) is 24.2 Å². The molecule has 5 aromatic rings. The Kier molecular flexibility index (Phi) is 14.8. The van der Waals surface area contributed by atoms with Gasteiger partial charge >= 0.3 is 0 Å². The van der Waals surface area contributed by atoms with Crippen molar-refractivity contribution in [3.63, 3.8) is 0 Å². The molecule has 11 nitrogen and oxygen atoms in total. The van der Waals surface area contributed by atoms with Crippen molar-refractivity contribution in [1.29, 1.82) is 0 Å². The van der Waals surface area contributed by atoms with Crippen LogP contribution in [0.1, 0.15) is 112 Å². The Hall–Kier alpha value is -5.33. The van der Waals surface area contributed by atoms with Gasteiger partial charge in [-0.2, -0.15) is 0 Å². The molecule has 0 saturated carbocycles. The fourth-order valence-corrected chi connectivity index (χ4v) is 8.38. The SMILES string of the molecule is CCC(C)(C)c1ccc(OCCCC(=O)Nc2cccc(C(=O)Nc3[nH]n(-c4c(C)cc(C)cc4Cl)c(=O)c3NS(=O)(=O)CCCc3ccccc3)c2)c(C(C)(C)CC)c1. The molecule has 0 bridgehead atoms. The standard InChI is InChI=1S/C47H58ClN5O6S/c1-9-46(5,6)35-23-24-39(37(30-35)47(7,8)10-2)59-25-15-22-40(54)49-36-21-14-20-34(29-36)44(55)50-43-41(52-60(57,58)26-16-19-33-17-12-11-13-18-33)45(56)53(51-43)42-32(4)27-31(3)28-38(42)48/h11-14,17-18,20-21,23-24,27-30,51-52H,9-10,15-16,19,22,25-26H2,1-8H3,(H,49,54)(H,50,55). The lowest BCUT2D eigenvalue weighted by atomic mass is 9.76. The predicted molar refractivity (Wildman–Crippen MR) is 244 cm³/mol. The maximum Gasteiger partial charge on any atom is 0.297 e. The molecule has 13 heteroatoms. The number of aromatic amines is 1. The highest BCUT2D eigenvalue weighted by Gasteiger charge is 2.27. The highest BCUT2D eigenvalue weighted by molar-refractivity contribution is 7.92. The van der Waals surface area contributed by atoms with E-state index in [-0.39, 0.29) is 51.0 Å². The fraction of sp³-hybridized carbons (Fsp3) is 0.383. The van der Waals surface area contributed by atoms with Crippen molar-refractivity contribution in [3.8, 4) is 11.4 Å². The maximum absolute atomic E-state index is 13.9.